The number of nitrogens with one attached hydrogen (secondary N) is 2. The Balaban J connectivity index is 1.58. The summed E-state index contributed by atoms with van der Waals surface area (Å²) in [5, 5.41) is 3.30. The quantitative estimate of drug-likeness (QED) is 0.721. The molecular weight excluding hydrogens is 362 g/mol. The number of quaternary nitrogens is 1. The molecule has 2 N–H and O–H groups in total. The van der Waals surface area contributed by atoms with Crippen LogP contribution in [0.1, 0.15) is 38.3 Å². The molecule has 2 aromatic rings. The number of nitrogens with zero attached hydrogens (tertiary/aromatic N) is 1. The molecule has 1 aliphatic rings. The van der Waals surface area contributed by atoms with Crippen molar-refractivity contribution < 1.29 is 14.4 Å². The van der Waals surface area contributed by atoms with E-state index in [4.69, 9.17) is 4.74 Å². The van der Waals surface area contributed by atoms with Crippen LogP contribution in [0, 0.1) is 0 Å². The van der Waals surface area contributed by atoms with Gasteiger partial charge in [0.2, 0.25) is 0 Å². The lowest BCUT2D eigenvalue weighted by molar-refractivity contribution is -0.914. The first kappa shape index (κ1) is 21.2. The maximum absolute atomic E-state index is 13.0. The monoisotopic (exact) mass is 396 g/mol. The van der Waals surface area contributed by atoms with E-state index < -0.39 is 0 Å². The third-order valence-electron chi connectivity index (χ3n) is 5.93. The van der Waals surface area contributed by atoms with E-state index in [9.17, 15) is 4.79 Å². The lowest BCUT2D eigenvalue weighted by Crippen LogP contribution is -3.19. The normalized spacial score (nSPS) is 16.9. The van der Waals surface area contributed by atoms with E-state index in [0.717, 1.165) is 50.5 Å². The van der Waals surface area contributed by atoms with Crippen molar-refractivity contribution in [3.05, 3.63) is 60.2 Å². The Morgan fingerprint density at radius 3 is 2.41 bits per heavy atom. The summed E-state index contributed by atoms with van der Waals surface area (Å²) >= 11 is 0. The Morgan fingerprint density at radius 1 is 1.10 bits per heavy atom. The van der Waals surface area contributed by atoms with Crippen LogP contribution in [-0.4, -0.2) is 45.2 Å². The van der Waals surface area contributed by atoms with Crippen LogP contribution in [0.5, 0.6) is 5.75 Å². The summed E-state index contributed by atoms with van der Waals surface area (Å²) in [5.41, 5.74) is 2.32. The number of amides is 1. The molecule has 0 bridgehead atoms. The summed E-state index contributed by atoms with van der Waals surface area (Å²) < 4.78 is 5.51. The number of carbonyl (C=O) groups is 1. The Hall–Kier alpha value is -2.53. The van der Waals surface area contributed by atoms with Gasteiger partial charge in [-0.2, -0.15) is 0 Å². The molecule has 2 aromatic carbocycles. The van der Waals surface area contributed by atoms with Crippen molar-refractivity contribution in [2.24, 2.45) is 0 Å². The van der Waals surface area contributed by atoms with Crippen LogP contribution in [0.2, 0.25) is 0 Å². The topological polar surface area (TPSA) is 46.0 Å². The van der Waals surface area contributed by atoms with E-state index in [-0.39, 0.29) is 18.0 Å². The molecule has 156 valence electrons. The number of rotatable bonds is 8. The van der Waals surface area contributed by atoms with Gasteiger partial charge in [0.1, 0.15) is 5.75 Å². The van der Waals surface area contributed by atoms with E-state index in [2.05, 4.69) is 42.3 Å². The summed E-state index contributed by atoms with van der Waals surface area (Å²) in [4.78, 5) is 16.7. The number of hydrogen-bond donors (Lipinski definition) is 2. The number of hydrogen-bond acceptors (Lipinski definition) is 3. The molecule has 3 rings (SSSR count). The number of anilines is 1. The van der Waals surface area contributed by atoms with Crippen LogP contribution in [0.4, 0.5) is 5.69 Å². The summed E-state index contributed by atoms with van der Waals surface area (Å²) in [7, 11) is 1.71. The van der Waals surface area contributed by atoms with Crippen LogP contribution in [0.3, 0.4) is 0 Å². The summed E-state index contributed by atoms with van der Waals surface area (Å²) in [6, 6.07) is 18.5. The SMILES string of the molecule is CCC[C@H](NC(=O)[C@H](C)[NH+]1CCN(c2ccccc2OC)CC1)c1ccccc1. The van der Waals surface area contributed by atoms with Crippen molar-refractivity contribution in [3.8, 4) is 5.75 Å². The molecule has 5 heteroatoms. The lowest BCUT2D eigenvalue weighted by atomic mass is 10.0. The lowest BCUT2D eigenvalue weighted by Gasteiger charge is -2.36. The molecule has 1 saturated heterocycles. The molecule has 2 atom stereocenters. The largest absolute Gasteiger partial charge is 0.495 e. The van der Waals surface area contributed by atoms with E-state index in [1.807, 2.05) is 36.4 Å². The third kappa shape index (κ3) is 5.30. The third-order valence-corrected chi connectivity index (χ3v) is 5.93. The highest BCUT2D eigenvalue weighted by Gasteiger charge is 2.31. The van der Waals surface area contributed by atoms with Crippen LogP contribution in [0.15, 0.2) is 54.6 Å². The highest BCUT2D eigenvalue weighted by Crippen LogP contribution is 2.27. The molecule has 0 aliphatic carbocycles. The number of para-hydroxylation sites is 2. The zero-order valence-corrected chi connectivity index (χ0v) is 17.9. The Kier molecular flexibility index (Phi) is 7.53. The van der Waals surface area contributed by atoms with Gasteiger partial charge in [0.15, 0.2) is 6.04 Å². The first-order chi connectivity index (χ1) is 14.1. The average Bonchev–Trinajstić information content (AvgIpc) is 2.79. The maximum Gasteiger partial charge on any atom is 0.278 e. The standard InChI is InChI=1S/C24H33N3O2/c1-4-10-21(20-11-6-5-7-12-20)25-24(28)19(2)26-15-17-27(18-16-26)22-13-8-9-14-23(22)29-3/h5-9,11-14,19,21H,4,10,15-18H2,1-3H3,(H,25,28)/p+1/t19-,21-/m0/s1. The van der Waals surface area contributed by atoms with Gasteiger partial charge in [0, 0.05) is 0 Å². The molecular formula is C24H34N3O2+. The van der Waals surface area contributed by atoms with Gasteiger partial charge in [-0.1, -0.05) is 55.8 Å². The molecule has 0 unspecified atom stereocenters. The minimum absolute atomic E-state index is 0.0575. The fourth-order valence-electron chi connectivity index (χ4n) is 4.14. The highest BCUT2D eigenvalue weighted by atomic mass is 16.5. The number of ether oxygens (including phenoxy) is 1. The molecule has 1 aliphatic heterocycles. The van der Waals surface area contributed by atoms with Crippen molar-refractivity contribution >= 4 is 11.6 Å². The zero-order valence-electron chi connectivity index (χ0n) is 17.9. The Morgan fingerprint density at radius 2 is 1.76 bits per heavy atom. The van der Waals surface area contributed by atoms with Gasteiger partial charge in [0.05, 0.1) is 45.0 Å². The zero-order chi connectivity index (χ0) is 20.6. The summed E-state index contributed by atoms with van der Waals surface area (Å²) in [5.74, 6) is 1.06. The van der Waals surface area contributed by atoms with Gasteiger partial charge in [-0.05, 0) is 31.0 Å². The first-order valence-corrected chi connectivity index (χ1v) is 10.7. The van der Waals surface area contributed by atoms with Crippen LogP contribution >= 0.6 is 0 Å². The number of piperazine rings is 1. The highest BCUT2D eigenvalue weighted by molar-refractivity contribution is 5.80. The maximum atomic E-state index is 13.0. The van der Waals surface area contributed by atoms with E-state index >= 15 is 0 Å². The molecule has 1 heterocycles. The van der Waals surface area contributed by atoms with Gasteiger partial charge in [-0.15, -0.1) is 0 Å². The Labute approximate surface area is 174 Å². The molecule has 1 fully saturated rings. The van der Waals surface area contributed by atoms with Crippen molar-refractivity contribution in [2.75, 3.05) is 38.2 Å². The number of benzene rings is 2. The molecule has 0 aromatic heterocycles. The molecule has 0 radical (unpaired) electrons. The molecule has 0 saturated carbocycles. The molecule has 0 spiro atoms. The van der Waals surface area contributed by atoms with Crippen LogP contribution in [0.25, 0.3) is 0 Å². The predicted octanol–water partition coefficient (Wildman–Crippen LogP) is 2.45. The summed E-state index contributed by atoms with van der Waals surface area (Å²) in [6.45, 7) is 7.94. The fraction of sp³-hybridized carbons (Fsp3) is 0.458. The van der Waals surface area contributed by atoms with Gasteiger partial charge in [0.25, 0.3) is 5.91 Å². The van der Waals surface area contributed by atoms with Crippen LogP contribution in [-0.2, 0) is 4.79 Å². The second-order valence-corrected chi connectivity index (χ2v) is 7.80. The second kappa shape index (κ2) is 10.3. The average molecular weight is 397 g/mol. The smallest absolute Gasteiger partial charge is 0.278 e. The predicted molar refractivity (Wildman–Crippen MR) is 118 cm³/mol. The van der Waals surface area contributed by atoms with Crippen molar-refractivity contribution in [3.63, 3.8) is 0 Å². The second-order valence-electron chi connectivity index (χ2n) is 7.80. The summed E-state index contributed by atoms with van der Waals surface area (Å²) in [6.07, 6.45) is 2.00. The van der Waals surface area contributed by atoms with E-state index in [1.54, 1.807) is 7.11 Å². The molecule has 1 amide bonds. The molecule has 29 heavy (non-hydrogen) atoms. The van der Waals surface area contributed by atoms with Crippen LogP contribution < -0.4 is 19.9 Å². The van der Waals surface area contributed by atoms with Gasteiger partial charge in [-0.3, -0.25) is 4.79 Å². The van der Waals surface area contributed by atoms with E-state index in [1.165, 1.54) is 10.5 Å². The Bertz CT molecular complexity index is 773. The van der Waals surface area contributed by atoms with Gasteiger partial charge < -0.3 is 19.9 Å². The van der Waals surface area contributed by atoms with Gasteiger partial charge in [-0.25, -0.2) is 0 Å². The first-order valence-electron chi connectivity index (χ1n) is 10.7. The number of methoxy groups -OCH3 is 1. The molecule has 5 nitrogen and oxygen atoms in total. The van der Waals surface area contributed by atoms with Crippen molar-refractivity contribution in [2.45, 2.75) is 38.8 Å². The number of carbonyl (C=O) groups excluding carboxylic acids is 1. The minimum atomic E-state index is -0.0575. The van der Waals surface area contributed by atoms with Crippen molar-refractivity contribution in [1.29, 1.82) is 0 Å². The minimum Gasteiger partial charge on any atom is -0.495 e. The van der Waals surface area contributed by atoms with Gasteiger partial charge >= 0.3 is 0 Å². The fourth-order valence-corrected chi connectivity index (χ4v) is 4.14. The van der Waals surface area contributed by atoms with Crippen molar-refractivity contribution in [1.82, 2.24) is 5.32 Å². The van der Waals surface area contributed by atoms with E-state index in [0.29, 0.717) is 0 Å².